The number of nitrogens with zero attached hydrogens (tertiary/aromatic N) is 8. The summed E-state index contributed by atoms with van der Waals surface area (Å²) >= 11 is 3.29. The largest absolute Gasteiger partial charge is 0.456 e. The van der Waals surface area contributed by atoms with E-state index < -0.39 is 138 Å². The first-order chi connectivity index (χ1) is 41.6. The Morgan fingerprint density at radius 2 is 0.900 bits per heavy atom. The maximum absolute atomic E-state index is 13.1. The fourth-order valence-corrected chi connectivity index (χ4v) is 9.42. The molecule has 0 saturated carbocycles. The molecule has 9 rings (SSSR count). The summed E-state index contributed by atoms with van der Waals surface area (Å²) in [5.74, 6) is -2.33. The number of carbonyl (C=O) groups excluding carboxylic acids is 4. The molecular weight excluding hydrogens is 1410 g/mol. The molecule has 3 aliphatic rings. The van der Waals surface area contributed by atoms with E-state index in [0.29, 0.717) is 24.2 Å². The molecule has 12 atom stereocenters. The molecule has 0 amide bonds. The van der Waals surface area contributed by atoms with E-state index in [9.17, 15) is 58.2 Å². The van der Waals surface area contributed by atoms with Gasteiger partial charge in [-0.2, -0.15) is 0 Å². The molecule has 0 bridgehead atoms. The van der Waals surface area contributed by atoms with Gasteiger partial charge in [0, 0.05) is 161 Å². The second-order valence-corrected chi connectivity index (χ2v) is 19.5. The molecule has 0 aromatic carbocycles. The van der Waals surface area contributed by atoms with E-state index in [1.807, 2.05) is 32.0 Å². The maximum Gasteiger partial charge on any atom is 0.333 e. The Kier molecular flexibility index (Phi) is 34.8. The second-order valence-electron chi connectivity index (χ2n) is 18.9. The van der Waals surface area contributed by atoms with Gasteiger partial charge in [0.05, 0.1) is 36.8 Å². The summed E-state index contributed by atoms with van der Waals surface area (Å²) in [7, 11) is 1.00. The number of aliphatic hydroxyl groups excluding tert-OH is 4. The first kappa shape index (κ1) is 79.8. The van der Waals surface area contributed by atoms with Crippen LogP contribution in [0.15, 0.2) is 139 Å². The van der Waals surface area contributed by atoms with Gasteiger partial charge in [-0.15, -0.1) is 0 Å². The second kappa shape index (κ2) is 39.2. The van der Waals surface area contributed by atoms with Gasteiger partial charge in [-0.3, -0.25) is 76.3 Å². The van der Waals surface area contributed by atoms with Gasteiger partial charge >= 0.3 is 40.9 Å². The van der Waals surface area contributed by atoms with Crippen LogP contribution in [0.5, 0.6) is 0 Å². The van der Waals surface area contributed by atoms with Gasteiger partial charge in [0.25, 0.3) is 16.7 Å². The zero-order valence-corrected chi connectivity index (χ0v) is 57.4. The average molecular weight is 1480 g/mol. The number of H-pyrrole nitrogens is 1. The molecule has 31 nitrogen and oxygen atoms in total. The number of carbonyl (C=O) groups is 4. The summed E-state index contributed by atoms with van der Waals surface area (Å²) < 4.78 is 43.4. The SMILES string of the molecule is BrCc1ccccn1.CCC1OC(n2ccc(=O)[nH]c2=O)[C@@H](OC(C)=O)C1OC(C)=O.CCC1OC(n2ccc(=O)n(Cc3ccccn3)c2=O)[C@@H](OC(C)=O)C1OC(C)=O.CO.N.O=c1ccn(C2OC(CO)C(O)[C@@H]2O)c(=O)n1Cc1ccccn1.[Y].[Y]. The van der Waals surface area contributed by atoms with Crippen molar-refractivity contribution in [2.24, 2.45) is 0 Å². The number of rotatable bonds is 15. The molecule has 9 unspecified atom stereocenters. The average Bonchev–Trinajstić information content (AvgIpc) is 2.13. The van der Waals surface area contributed by atoms with Crippen LogP contribution < -0.4 is 39.9 Å². The summed E-state index contributed by atoms with van der Waals surface area (Å²) in [6.07, 6.45) is -2.36. The zero-order valence-electron chi connectivity index (χ0n) is 50.1. The molecule has 34 heteroatoms. The maximum atomic E-state index is 13.1. The Balaban J connectivity index is 0.000000423. The molecule has 6 aromatic heterocycles. The third-order valence-electron chi connectivity index (χ3n) is 12.9. The van der Waals surface area contributed by atoms with Crippen molar-refractivity contribution < 1.29 is 138 Å². The smallest absolute Gasteiger partial charge is 0.333 e. The summed E-state index contributed by atoms with van der Waals surface area (Å²) in [6.45, 7) is 7.95. The Morgan fingerprint density at radius 1 is 0.533 bits per heavy atom. The minimum Gasteiger partial charge on any atom is -0.456 e. The van der Waals surface area contributed by atoms with Crippen LogP contribution in [0.25, 0.3) is 0 Å². The Morgan fingerprint density at radius 3 is 1.23 bits per heavy atom. The van der Waals surface area contributed by atoms with Crippen molar-refractivity contribution in [3.05, 3.63) is 190 Å². The molecule has 8 N–H and O–H groups in total. The summed E-state index contributed by atoms with van der Waals surface area (Å²) in [4.78, 5) is 133. The van der Waals surface area contributed by atoms with E-state index >= 15 is 0 Å². The van der Waals surface area contributed by atoms with Crippen molar-refractivity contribution in [1.82, 2.24) is 48.9 Å². The van der Waals surface area contributed by atoms with Gasteiger partial charge in [-0.05, 0) is 49.2 Å². The first-order valence-electron chi connectivity index (χ1n) is 26.9. The van der Waals surface area contributed by atoms with Gasteiger partial charge in [0.2, 0.25) is 0 Å². The third-order valence-corrected chi connectivity index (χ3v) is 13.5. The molecule has 6 aromatic rings. The fraction of sp³-hybridized carbons (Fsp3) is 0.446. The van der Waals surface area contributed by atoms with Gasteiger partial charge in [0.1, 0.15) is 30.5 Å². The van der Waals surface area contributed by atoms with E-state index in [2.05, 4.69) is 35.9 Å². The van der Waals surface area contributed by atoms with Crippen molar-refractivity contribution in [2.75, 3.05) is 13.7 Å². The van der Waals surface area contributed by atoms with Crippen LogP contribution in [0.3, 0.4) is 0 Å². The normalized spacial score (nSPS) is 22.5. The molecule has 484 valence electrons. The summed E-state index contributed by atoms with van der Waals surface area (Å²) in [5.41, 5.74) is -1.53. The van der Waals surface area contributed by atoms with E-state index in [-0.39, 0.29) is 84.7 Å². The number of aromatic amines is 1. The molecular formula is C56H71BrN10O21Y2. The number of esters is 4. The van der Waals surface area contributed by atoms with Crippen molar-refractivity contribution in [3.63, 3.8) is 0 Å². The van der Waals surface area contributed by atoms with E-state index in [1.165, 1.54) is 63.0 Å². The zero-order chi connectivity index (χ0) is 64.1. The molecule has 0 aliphatic carbocycles. The number of hydrogen-bond acceptors (Lipinski definition) is 25. The standard InChI is InChI=1S/C20H23N3O7.C15H17N3O6.C14H18N2O7.C6H6BrN.CH4O.H3N.2Y/c1-4-15-17(28-12(2)24)18(29-13(3)25)19(30-15)22-10-8-16(26)23(20(22)27)11-14-7-5-6-9-21-14;19-8-10-12(21)13(22)14(24-10)17-6-4-11(20)18(15(17)23)7-9-3-1-2-5-16-9;1-4-9-11(21-7(2)17)12(22-8(3)18)13(23-9)16-6-5-10(19)15-14(16)20;7-5-6-3-1-2-4-8-6;1-2;;;/h5-10,15,17-19H,4,11H2,1-3H3;1-6,10,12-14,19,21-22H,7-8H2;5-6,9,11-13H,4H2,1-3H3,(H,15,19,20);1-4H,5H2;2H,1H3;1H3;;/t15?,17?,18-,19?;10?,12?,13-,14?;9?,11?,12-,13?;;;;;/m000...../s1. The fourth-order valence-electron chi connectivity index (χ4n) is 9.09. The van der Waals surface area contributed by atoms with Crippen LogP contribution in [-0.4, -0.2) is 156 Å². The van der Waals surface area contributed by atoms with Crippen molar-refractivity contribution in [3.8, 4) is 0 Å². The van der Waals surface area contributed by atoms with Gasteiger partial charge < -0.3 is 59.7 Å². The van der Waals surface area contributed by atoms with Crippen molar-refractivity contribution in [2.45, 2.75) is 146 Å². The Hall–Kier alpha value is -6.26. The molecule has 3 aliphatic heterocycles. The predicted molar refractivity (Wildman–Crippen MR) is 312 cm³/mol. The van der Waals surface area contributed by atoms with E-state index in [1.54, 1.807) is 55.0 Å². The van der Waals surface area contributed by atoms with E-state index in [0.717, 1.165) is 42.5 Å². The van der Waals surface area contributed by atoms with Crippen LogP contribution >= 0.6 is 15.9 Å². The number of aliphatic hydroxyl groups is 4. The summed E-state index contributed by atoms with van der Waals surface area (Å²) in [5, 5.41) is 36.8. The number of hydrogen-bond donors (Lipinski definition) is 6. The monoisotopic (exact) mass is 1480 g/mol. The number of alkyl halides is 1. The quantitative estimate of drug-likeness (QED) is 0.0452. The molecule has 90 heavy (non-hydrogen) atoms. The summed E-state index contributed by atoms with van der Waals surface area (Å²) in [6, 6.07) is 19.7. The van der Waals surface area contributed by atoms with Crippen LogP contribution in [-0.2, 0) is 136 Å². The molecule has 2 radical (unpaired) electrons. The molecule has 0 spiro atoms. The topological polar surface area (TPSA) is 430 Å². The van der Waals surface area contributed by atoms with Crippen LogP contribution in [0, 0.1) is 0 Å². The van der Waals surface area contributed by atoms with Crippen LogP contribution in [0.4, 0.5) is 0 Å². The number of pyridine rings is 3. The predicted octanol–water partition coefficient (Wildman–Crippen LogP) is 0.138. The third kappa shape index (κ3) is 21.7. The minimum atomic E-state index is -1.40. The molecule has 3 saturated heterocycles. The van der Waals surface area contributed by atoms with E-state index in [4.69, 9.17) is 43.4 Å². The number of halogens is 1. The van der Waals surface area contributed by atoms with Gasteiger partial charge in [-0.25, -0.2) is 14.4 Å². The van der Waals surface area contributed by atoms with Gasteiger partial charge in [-0.1, -0.05) is 48.0 Å². The molecule has 9 heterocycles. The van der Waals surface area contributed by atoms with Crippen LogP contribution in [0.2, 0.25) is 0 Å². The minimum absolute atomic E-state index is 0. The number of aromatic nitrogens is 9. The molecule has 3 fully saturated rings. The Labute approximate surface area is 572 Å². The van der Waals surface area contributed by atoms with Crippen molar-refractivity contribution >= 4 is 39.8 Å². The van der Waals surface area contributed by atoms with Crippen LogP contribution in [0.1, 0.15) is 90.1 Å². The number of nitrogens with one attached hydrogen (secondary N) is 1. The first-order valence-corrected chi connectivity index (χ1v) is 28.0. The van der Waals surface area contributed by atoms with Crippen molar-refractivity contribution in [1.29, 1.82) is 0 Å². The Bertz CT molecular complexity index is 3600. The van der Waals surface area contributed by atoms with Gasteiger partial charge in [0.15, 0.2) is 43.1 Å². The number of ether oxygens (including phenoxy) is 7.